The first kappa shape index (κ1) is 18.3. The minimum absolute atomic E-state index is 0.206. The number of Topliss-reactive ketones (excluding diaryl/α,β-unsaturated/α-hetero) is 1. The van der Waals surface area contributed by atoms with Crippen molar-refractivity contribution in [1.29, 1.82) is 0 Å². The van der Waals surface area contributed by atoms with Gasteiger partial charge in [0.05, 0.1) is 0 Å². The topological polar surface area (TPSA) is 20.3 Å². The highest BCUT2D eigenvalue weighted by Gasteiger charge is 2.52. The number of benzene rings is 3. The number of ketones is 1. The molecule has 28 heavy (non-hydrogen) atoms. The van der Waals surface area contributed by atoms with Crippen LogP contribution < -0.4 is 4.90 Å². The fraction of sp³-hybridized carbons (Fsp3) is 0.174. The Hall–Kier alpha value is -3.08. The van der Waals surface area contributed by atoms with Crippen molar-refractivity contribution in [3.05, 3.63) is 101 Å². The van der Waals surface area contributed by atoms with Crippen LogP contribution in [0.1, 0.15) is 27.5 Å². The summed E-state index contributed by atoms with van der Waals surface area (Å²) in [6, 6.07) is 18.7. The van der Waals surface area contributed by atoms with E-state index in [2.05, 4.69) is 0 Å². The van der Waals surface area contributed by atoms with Crippen LogP contribution in [0.15, 0.2) is 78.9 Å². The highest BCUT2D eigenvalue weighted by Crippen LogP contribution is 2.44. The average Bonchev–Trinajstić information content (AvgIpc) is 2.73. The Labute approximate surface area is 161 Å². The van der Waals surface area contributed by atoms with Gasteiger partial charge in [-0.15, -0.1) is 0 Å². The van der Waals surface area contributed by atoms with Gasteiger partial charge < -0.3 is 4.90 Å². The third kappa shape index (κ3) is 3.17. The third-order valence-corrected chi connectivity index (χ3v) is 5.12. The maximum atomic E-state index is 15.6. The summed E-state index contributed by atoms with van der Waals surface area (Å²) in [6.07, 6.45) is 0.613. The smallest absolute Gasteiger partial charge is 0.333 e. The van der Waals surface area contributed by atoms with Crippen molar-refractivity contribution in [3.63, 3.8) is 0 Å². The van der Waals surface area contributed by atoms with Gasteiger partial charge in [0.15, 0.2) is 0 Å². The molecule has 1 aliphatic heterocycles. The SMILES string of the molecule is O=C(c1ccc(F)cc1)C(F)(F)C1c2ccccc2CCN1c1ccccc1. The van der Waals surface area contributed by atoms with Crippen molar-refractivity contribution in [2.75, 3.05) is 11.4 Å². The van der Waals surface area contributed by atoms with E-state index in [1.165, 1.54) is 0 Å². The Bertz CT molecular complexity index is 986. The molecule has 1 unspecified atom stereocenters. The second-order valence-corrected chi connectivity index (χ2v) is 6.84. The number of carbonyl (C=O) groups excluding carboxylic acids is 1. The summed E-state index contributed by atoms with van der Waals surface area (Å²) in [4.78, 5) is 14.4. The lowest BCUT2D eigenvalue weighted by Gasteiger charge is -2.42. The molecule has 142 valence electrons. The zero-order valence-electron chi connectivity index (χ0n) is 15.0. The van der Waals surface area contributed by atoms with Crippen LogP contribution in [0, 0.1) is 5.82 Å². The summed E-state index contributed by atoms with van der Waals surface area (Å²) in [5.41, 5.74) is 1.68. The number of halogens is 3. The normalized spacial score (nSPS) is 16.5. The molecule has 0 saturated heterocycles. The van der Waals surface area contributed by atoms with Gasteiger partial charge in [-0.05, 0) is 53.9 Å². The van der Waals surface area contributed by atoms with E-state index in [0.29, 0.717) is 24.2 Å². The average molecular weight is 381 g/mol. The van der Waals surface area contributed by atoms with E-state index in [1.807, 2.05) is 18.2 Å². The molecule has 0 spiro atoms. The van der Waals surface area contributed by atoms with Crippen molar-refractivity contribution in [1.82, 2.24) is 0 Å². The van der Waals surface area contributed by atoms with Crippen LogP contribution in [0.5, 0.6) is 0 Å². The number of rotatable bonds is 4. The molecule has 0 aromatic heterocycles. The number of fused-ring (bicyclic) bond motifs is 1. The number of alkyl halides is 2. The van der Waals surface area contributed by atoms with Crippen LogP contribution >= 0.6 is 0 Å². The number of anilines is 1. The molecule has 4 rings (SSSR count). The fourth-order valence-electron chi connectivity index (χ4n) is 3.77. The van der Waals surface area contributed by atoms with Gasteiger partial charge in [0.2, 0.25) is 5.78 Å². The second-order valence-electron chi connectivity index (χ2n) is 6.84. The van der Waals surface area contributed by atoms with Gasteiger partial charge in [-0.3, -0.25) is 4.79 Å². The first-order valence-corrected chi connectivity index (χ1v) is 9.06. The second kappa shape index (κ2) is 7.15. The number of hydrogen-bond acceptors (Lipinski definition) is 2. The largest absolute Gasteiger partial charge is 0.358 e. The Morgan fingerprint density at radius 1 is 0.893 bits per heavy atom. The van der Waals surface area contributed by atoms with Crippen molar-refractivity contribution in [2.45, 2.75) is 18.4 Å². The lowest BCUT2D eigenvalue weighted by atomic mass is 9.85. The number of nitrogens with zero attached hydrogens (tertiary/aromatic N) is 1. The summed E-state index contributed by atoms with van der Waals surface area (Å²) in [7, 11) is 0. The molecular formula is C23H18F3NO. The molecule has 3 aromatic carbocycles. The first-order valence-electron chi connectivity index (χ1n) is 9.06. The van der Waals surface area contributed by atoms with Crippen LogP contribution in [0.3, 0.4) is 0 Å². The number of carbonyl (C=O) groups is 1. The first-order chi connectivity index (χ1) is 13.5. The van der Waals surface area contributed by atoms with Crippen LogP contribution in [-0.4, -0.2) is 18.3 Å². The van der Waals surface area contributed by atoms with Crippen molar-refractivity contribution < 1.29 is 18.0 Å². The monoisotopic (exact) mass is 381 g/mol. The van der Waals surface area contributed by atoms with Gasteiger partial charge in [0.1, 0.15) is 11.9 Å². The van der Waals surface area contributed by atoms with Crippen molar-refractivity contribution >= 4 is 11.5 Å². The molecule has 0 amide bonds. The van der Waals surface area contributed by atoms with Gasteiger partial charge in [-0.1, -0.05) is 42.5 Å². The van der Waals surface area contributed by atoms with E-state index >= 15 is 8.78 Å². The summed E-state index contributed by atoms with van der Waals surface area (Å²) in [6.45, 7) is 0.373. The van der Waals surface area contributed by atoms with Crippen molar-refractivity contribution in [3.8, 4) is 0 Å². The summed E-state index contributed by atoms with van der Waals surface area (Å²) < 4.78 is 44.4. The van der Waals surface area contributed by atoms with Gasteiger partial charge in [0, 0.05) is 17.8 Å². The molecule has 3 aromatic rings. The van der Waals surface area contributed by atoms with Gasteiger partial charge in [-0.25, -0.2) is 4.39 Å². The standard InChI is InChI=1S/C23H18F3NO/c24-18-12-10-17(11-13-18)22(28)23(25,26)21-20-9-5-4-6-16(20)14-15-27(21)19-7-2-1-3-8-19/h1-13,21H,14-15H2. The summed E-state index contributed by atoms with van der Waals surface area (Å²) in [5.74, 6) is -5.58. The minimum atomic E-state index is -3.69. The van der Waals surface area contributed by atoms with E-state index < -0.39 is 23.6 Å². The predicted octanol–water partition coefficient (Wildman–Crippen LogP) is 5.45. The lowest BCUT2D eigenvalue weighted by Crippen LogP contribution is -2.49. The van der Waals surface area contributed by atoms with Crippen LogP contribution in [-0.2, 0) is 6.42 Å². The van der Waals surface area contributed by atoms with Crippen LogP contribution in [0.2, 0.25) is 0 Å². The predicted molar refractivity (Wildman–Crippen MR) is 102 cm³/mol. The summed E-state index contributed by atoms with van der Waals surface area (Å²) >= 11 is 0. The zero-order valence-corrected chi connectivity index (χ0v) is 15.0. The van der Waals surface area contributed by atoms with E-state index in [1.54, 1.807) is 41.3 Å². The van der Waals surface area contributed by atoms with E-state index in [9.17, 15) is 9.18 Å². The van der Waals surface area contributed by atoms with Gasteiger partial charge in [-0.2, -0.15) is 8.78 Å². The molecule has 0 fully saturated rings. The molecule has 0 aliphatic carbocycles. The lowest BCUT2D eigenvalue weighted by molar-refractivity contribution is -0.0104. The van der Waals surface area contributed by atoms with Crippen LogP contribution in [0.4, 0.5) is 18.9 Å². The van der Waals surface area contributed by atoms with Crippen LogP contribution in [0.25, 0.3) is 0 Å². The van der Waals surface area contributed by atoms with Crippen molar-refractivity contribution in [2.24, 2.45) is 0 Å². The molecule has 0 saturated carbocycles. The minimum Gasteiger partial charge on any atom is -0.358 e. The van der Waals surface area contributed by atoms with Gasteiger partial charge >= 0.3 is 5.92 Å². The zero-order chi connectivity index (χ0) is 19.7. The molecule has 1 heterocycles. The van der Waals surface area contributed by atoms with E-state index in [0.717, 1.165) is 29.8 Å². The molecular weight excluding hydrogens is 363 g/mol. The Kier molecular flexibility index (Phi) is 4.67. The fourth-order valence-corrected chi connectivity index (χ4v) is 3.77. The quantitative estimate of drug-likeness (QED) is 0.560. The molecule has 1 atom stereocenters. The van der Waals surface area contributed by atoms with E-state index in [4.69, 9.17) is 0 Å². The third-order valence-electron chi connectivity index (χ3n) is 5.12. The Morgan fingerprint density at radius 2 is 1.54 bits per heavy atom. The Balaban J connectivity index is 1.81. The molecule has 5 heteroatoms. The number of para-hydroxylation sites is 1. The highest BCUT2D eigenvalue weighted by atomic mass is 19.3. The molecule has 0 bridgehead atoms. The van der Waals surface area contributed by atoms with E-state index in [-0.39, 0.29) is 5.56 Å². The number of hydrogen-bond donors (Lipinski definition) is 0. The molecule has 2 nitrogen and oxygen atoms in total. The van der Waals surface area contributed by atoms with Gasteiger partial charge in [0.25, 0.3) is 0 Å². The maximum absolute atomic E-state index is 15.6. The molecule has 0 radical (unpaired) electrons. The molecule has 0 N–H and O–H groups in total. The summed E-state index contributed by atoms with van der Waals surface area (Å²) in [5, 5.41) is 0. The maximum Gasteiger partial charge on any atom is 0.333 e. The Morgan fingerprint density at radius 3 is 2.25 bits per heavy atom. The molecule has 1 aliphatic rings. The highest BCUT2D eigenvalue weighted by molar-refractivity contribution is 6.02.